The Morgan fingerprint density at radius 3 is 2.90 bits per heavy atom. The van der Waals surface area contributed by atoms with Crippen LogP contribution in [0.3, 0.4) is 0 Å². The molecular weight excluding hydrogens is 284 g/mol. The minimum atomic E-state index is -3.99. The summed E-state index contributed by atoms with van der Waals surface area (Å²) in [6.07, 6.45) is 1.56. The molecule has 106 valence electrons. The van der Waals surface area contributed by atoms with E-state index in [4.69, 9.17) is 5.11 Å². The second-order valence-electron chi connectivity index (χ2n) is 4.11. The molecule has 0 saturated heterocycles. The number of sulfonamides is 1. The molecular formula is C12H12N2O5S. The van der Waals surface area contributed by atoms with E-state index in [9.17, 15) is 13.2 Å². The number of benzene rings is 1. The van der Waals surface area contributed by atoms with Crippen molar-refractivity contribution in [1.82, 2.24) is 9.87 Å². The van der Waals surface area contributed by atoms with Crippen molar-refractivity contribution in [1.29, 1.82) is 0 Å². The van der Waals surface area contributed by atoms with Crippen LogP contribution in [0, 0.1) is 6.92 Å². The highest BCUT2D eigenvalue weighted by Gasteiger charge is 2.18. The SMILES string of the molecule is Cc1cnc2c(S(=O)(=O)NOCC(=O)O)cccc2c1. The van der Waals surface area contributed by atoms with Gasteiger partial charge in [-0.2, -0.15) is 0 Å². The van der Waals surface area contributed by atoms with Crippen LogP contribution in [0.25, 0.3) is 10.9 Å². The molecule has 1 aromatic carbocycles. The first-order chi connectivity index (χ1) is 9.40. The number of carboxylic acids is 1. The summed E-state index contributed by atoms with van der Waals surface area (Å²) in [5.74, 6) is -1.28. The van der Waals surface area contributed by atoms with Gasteiger partial charge in [0, 0.05) is 11.6 Å². The Kier molecular flexibility index (Phi) is 3.98. The van der Waals surface area contributed by atoms with Gasteiger partial charge in [0.2, 0.25) is 0 Å². The highest BCUT2D eigenvalue weighted by atomic mass is 32.2. The van der Waals surface area contributed by atoms with Gasteiger partial charge >= 0.3 is 5.97 Å². The number of pyridine rings is 1. The van der Waals surface area contributed by atoms with E-state index in [1.54, 1.807) is 29.3 Å². The molecule has 2 N–H and O–H groups in total. The molecule has 0 bridgehead atoms. The number of hydrogen-bond donors (Lipinski definition) is 2. The Balaban J connectivity index is 2.39. The molecule has 0 fully saturated rings. The second-order valence-corrected chi connectivity index (χ2v) is 5.72. The van der Waals surface area contributed by atoms with Crippen LogP contribution in [0.2, 0.25) is 0 Å². The molecule has 20 heavy (non-hydrogen) atoms. The van der Waals surface area contributed by atoms with E-state index in [1.807, 2.05) is 6.92 Å². The van der Waals surface area contributed by atoms with Gasteiger partial charge in [-0.3, -0.25) is 9.82 Å². The van der Waals surface area contributed by atoms with Gasteiger partial charge in [-0.1, -0.05) is 17.0 Å². The Hall–Kier alpha value is -2.03. The van der Waals surface area contributed by atoms with Gasteiger partial charge < -0.3 is 5.11 Å². The fourth-order valence-electron chi connectivity index (χ4n) is 1.67. The predicted octanol–water partition coefficient (Wildman–Crippen LogP) is 0.838. The van der Waals surface area contributed by atoms with Crippen molar-refractivity contribution >= 4 is 26.9 Å². The van der Waals surface area contributed by atoms with Crippen LogP contribution < -0.4 is 4.89 Å². The van der Waals surface area contributed by atoms with Crippen molar-refractivity contribution in [2.45, 2.75) is 11.8 Å². The van der Waals surface area contributed by atoms with Gasteiger partial charge in [0.1, 0.15) is 4.90 Å². The lowest BCUT2D eigenvalue weighted by molar-refractivity contribution is -0.143. The molecule has 1 heterocycles. The first-order valence-electron chi connectivity index (χ1n) is 5.61. The molecule has 8 heteroatoms. The van der Waals surface area contributed by atoms with E-state index < -0.39 is 22.6 Å². The number of aliphatic carboxylic acids is 1. The van der Waals surface area contributed by atoms with Gasteiger partial charge in [-0.25, -0.2) is 13.2 Å². The van der Waals surface area contributed by atoms with E-state index in [1.165, 1.54) is 6.07 Å². The number of nitrogens with one attached hydrogen (secondary N) is 1. The zero-order chi connectivity index (χ0) is 14.8. The van der Waals surface area contributed by atoms with E-state index in [2.05, 4.69) is 9.82 Å². The second kappa shape index (κ2) is 5.53. The maximum Gasteiger partial charge on any atom is 0.331 e. The summed E-state index contributed by atoms with van der Waals surface area (Å²) in [6, 6.07) is 6.50. The van der Waals surface area contributed by atoms with Crippen molar-refractivity contribution in [3.8, 4) is 0 Å². The highest BCUT2D eigenvalue weighted by molar-refractivity contribution is 7.89. The molecule has 0 amide bonds. The van der Waals surface area contributed by atoms with Crippen LogP contribution in [0.15, 0.2) is 35.4 Å². The summed E-state index contributed by atoms with van der Waals surface area (Å²) in [4.78, 5) is 20.5. The standard InChI is InChI=1S/C12H12N2O5S/c1-8-5-9-3-2-4-10(12(9)13-6-8)20(17,18)14-19-7-11(15)16/h2-6,14H,7H2,1H3,(H,15,16). The summed E-state index contributed by atoms with van der Waals surface area (Å²) in [7, 11) is -3.99. The smallest absolute Gasteiger partial charge is 0.331 e. The first kappa shape index (κ1) is 14.4. The third-order valence-corrected chi connectivity index (χ3v) is 3.71. The van der Waals surface area contributed by atoms with Crippen molar-refractivity contribution in [3.63, 3.8) is 0 Å². The van der Waals surface area contributed by atoms with E-state index in [0.717, 1.165) is 5.56 Å². The molecule has 2 rings (SSSR count). The van der Waals surface area contributed by atoms with Crippen molar-refractivity contribution in [2.24, 2.45) is 0 Å². The quantitative estimate of drug-likeness (QED) is 0.792. The van der Waals surface area contributed by atoms with Gasteiger partial charge in [0.25, 0.3) is 10.0 Å². The number of aryl methyl sites for hydroxylation is 1. The van der Waals surface area contributed by atoms with Gasteiger partial charge in [0.15, 0.2) is 6.61 Å². The summed E-state index contributed by atoms with van der Waals surface area (Å²) >= 11 is 0. The number of rotatable bonds is 5. The zero-order valence-corrected chi connectivity index (χ0v) is 11.3. The third kappa shape index (κ3) is 3.10. The number of carbonyl (C=O) groups is 1. The number of fused-ring (bicyclic) bond motifs is 1. The van der Waals surface area contributed by atoms with Gasteiger partial charge in [-0.05, 0) is 24.6 Å². The minimum Gasteiger partial charge on any atom is -0.479 e. The Morgan fingerprint density at radius 2 is 2.20 bits per heavy atom. The molecule has 1 aromatic heterocycles. The summed E-state index contributed by atoms with van der Waals surface area (Å²) in [6.45, 7) is 1.08. The van der Waals surface area contributed by atoms with Gasteiger partial charge in [-0.15, -0.1) is 0 Å². The van der Waals surface area contributed by atoms with Gasteiger partial charge in [0.05, 0.1) is 5.52 Å². The average Bonchev–Trinajstić information content (AvgIpc) is 2.36. The highest BCUT2D eigenvalue weighted by Crippen LogP contribution is 2.21. The monoisotopic (exact) mass is 296 g/mol. The Bertz CT molecular complexity index is 758. The maximum absolute atomic E-state index is 12.0. The Morgan fingerprint density at radius 1 is 1.45 bits per heavy atom. The molecule has 0 spiro atoms. The normalized spacial score (nSPS) is 11.7. The molecule has 7 nitrogen and oxygen atoms in total. The van der Waals surface area contributed by atoms with Crippen LogP contribution in [0.4, 0.5) is 0 Å². The fourth-order valence-corrected chi connectivity index (χ4v) is 2.66. The fraction of sp³-hybridized carbons (Fsp3) is 0.167. The largest absolute Gasteiger partial charge is 0.479 e. The van der Waals surface area contributed by atoms with Crippen molar-refractivity contribution < 1.29 is 23.2 Å². The van der Waals surface area contributed by atoms with Crippen LogP contribution in [-0.4, -0.2) is 31.1 Å². The van der Waals surface area contributed by atoms with Crippen LogP contribution in [0.1, 0.15) is 5.56 Å². The maximum atomic E-state index is 12.0. The van der Waals surface area contributed by atoms with Crippen molar-refractivity contribution in [2.75, 3.05) is 6.61 Å². The molecule has 0 aliphatic heterocycles. The number of nitrogens with zero attached hydrogens (tertiary/aromatic N) is 1. The number of aromatic nitrogens is 1. The lowest BCUT2D eigenvalue weighted by atomic mass is 10.2. The summed E-state index contributed by atoms with van der Waals surface area (Å²) in [5, 5.41) is 9.08. The van der Waals surface area contributed by atoms with Crippen LogP contribution in [-0.2, 0) is 19.7 Å². The van der Waals surface area contributed by atoms with Crippen LogP contribution in [0.5, 0.6) is 0 Å². The lowest BCUT2D eigenvalue weighted by Crippen LogP contribution is -2.27. The van der Waals surface area contributed by atoms with E-state index >= 15 is 0 Å². The molecule has 0 radical (unpaired) electrons. The summed E-state index contributed by atoms with van der Waals surface area (Å²) in [5.41, 5.74) is 1.20. The van der Waals surface area contributed by atoms with E-state index in [-0.39, 0.29) is 4.90 Å². The minimum absolute atomic E-state index is 0.0691. The molecule has 0 aliphatic rings. The topological polar surface area (TPSA) is 106 Å². The Labute approximate surface area is 115 Å². The molecule has 2 aromatic rings. The van der Waals surface area contributed by atoms with E-state index in [0.29, 0.717) is 10.9 Å². The summed E-state index contributed by atoms with van der Waals surface area (Å²) < 4.78 is 24.1. The molecule has 0 aliphatic carbocycles. The molecule has 0 saturated carbocycles. The number of para-hydroxylation sites is 1. The molecule has 0 unspecified atom stereocenters. The van der Waals surface area contributed by atoms with Crippen molar-refractivity contribution in [3.05, 3.63) is 36.0 Å². The zero-order valence-electron chi connectivity index (χ0n) is 10.5. The predicted molar refractivity (Wildman–Crippen MR) is 70.4 cm³/mol. The molecule has 0 atom stereocenters. The third-order valence-electron chi connectivity index (χ3n) is 2.46. The first-order valence-corrected chi connectivity index (χ1v) is 7.09. The number of hydrogen-bond acceptors (Lipinski definition) is 5. The lowest BCUT2D eigenvalue weighted by Gasteiger charge is -2.08. The number of carboxylic acid groups (broad SMARTS) is 1. The van der Waals surface area contributed by atoms with Crippen LogP contribution >= 0.6 is 0 Å². The average molecular weight is 296 g/mol.